The number of ether oxygens (including phenoxy) is 1. The Morgan fingerprint density at radius 1 is 1.22 bits per heavy atom. The van der Waals surface area contributed by atoms with E-state index in [9.17, 15) is 14.4 Å². The number of carbonyl (C=O) groups excluding carboxylic acids is 2. The standard InChI is InChI=1S/C18H18O5/c1-2-5-14-16-13(8-10(23-14)9-15(19)20)17(21)11-6-3-4-7-12(11)18(16)22/h3-4,6-7,10,14H,2,5,8-9H2,1H3,(H,19,20)/t10-,14-/m0/s1. The summed E-state index contributed by atoms with van der Waals surface area (Å²) in [5, 5.41) is 9.01. The molecule has 3 rings (SSSR count). The average Bonchev–Trinajstić information content (AvgIpc) is 2.52. The monoisotopic (exact) mass is 314 g/mol. The normalized spacial score (nSPS) is 23.5. The van der Waals surface area contributed by atoms with Crippen molar-refractivity contribution in [2.75, 3.05) is 0 Å². The van der Waals surface area contributed by atoms with E-state index in [4.69, 9.17) is 9.84 Å². The smallest absolute Gasteiger partial charge is 0.305 e. The fraction of sp³-hybridized carbons (Fsp3) is 0.389. The van der Waals surface area contributed by atoms with Gasteiger partial charge in [0.15, 0.2) is 11.6 Å². The number of aliphatic carboxylic acids is 1. The van der Waals surface area contributed by atoms with Crippen LogP contribution in [-0.2, 0) is 9.53 Å². The van der Waals surface area contributed by atoms with Gasteiger partial charge in [-0.2, -0.15) is 0 Å². The zero-order chi connectivity index (χ0) is 16.6. The van der Waals surface area contributed by atoms with Gasteiger partial charge in [0.05, 0.1) is 18.6 Å². The molecule has 0 amide bonds. The van der Waals surface area contributed by atoms with Gasteiger partial charge in [-0.25, -0.2) is 0 Å². The number of Topliss-reactive ketones (excluding diaryl/α,β-unsaturated/α-hetero) is 2. The molecule has 5 heteroatoms. The molecule has 0 spiro atoms. The second-order valence-electron chi connectivity index (χ2n) is 5.93. The zero-order valence-electron chi connectivity index (χ0n) is 12.9. The zero-order valence-corrected chi connectivity index (χ0v) is 12.9. The Kier molecular flexibility index (Phi) is 4.13. The van der Waals surface area contributed by atoms with Crippen molar-refractivity contribution in [3.8, 4) is 0 Å². The number of hydrogen-bond donors (Lipinski definition) is 1. The lowest BCUT2D eigenvalue weighted by molar-refractivity contribution is -0.141. The lowest BCUT2D eigenvalue weighted by atomic mass is 9.77. The summed E-state index contributed by atoms with van der Waals surface area (Å²) in [6.07, 6.45) is 0.323. The molecule has 1 aromatic rings. The van der Waals surface area contributed by atoms with E-state index in [1.54, 1.807) is 24.3 Å². The molecule has 0 bridgehead atoms. The Hall–Kier alpha value is -2.27. The molecule has 1 aliphatic heterocycles. The van der Waals surface area contributed by atoms with Crippen LogP contribution < -0.4 is 0 Å². The lowest BCUT2D eigenvalue weighted by Crippen LogP contribution is -2.39. The summed E-state index contributed by atoms with van der Waals surface area (Å²) in [7, 11) is 0. The molecule has 5 nitrogen and oxygen atoms in total. The highest BCUT2D eigenvalue weighted by Crippen LogP contribution is 2.37. The van der Waals surface area contributed by atoms with Crippen LogP contribution in [0.5, 0.6) is 0 Å². The summed E-state index contributed by atoms with van der Waals surface area (Å²) in [5.74, 6) is -1.30. The first-order chi connectivity index (χ1) is 11.0. The van der Waals surface area contributed by atoms with Crippen LogP contribution in [0.15, 0.2) is 35.4 Å². The van der Waals surface area contributed by atoms with E-state index in [2.05, 4.69) is 0 Å². The summed E-state index contributed by atoms with van der Waals surface area (Å²) < 4.78 is 5.83. The van der Waals surface area contributed by atoms with E-state index in [1.165, 1.54) is 0 Å². The van der Waals surface area contributed by atoms with E-state index in [0.29, 0.717) is 28.7 Å². The molecule has 1 heterocycles. The van der Waals surface area contributed by atoms with Gasteiger partial charge in [-0.3, -0.25) is 14.4 Å². The van der Waals surface area contributed by atoms with Crippen molar-refractivity contribution >= 4 is 17.5 Å². The summed E-state index contributed by atoms with van der Waals surface area (Å²) in [6, 6.07) is 6.77. The highest BCUT2D eigenvalue weighted by Gasteiger charge is 2.41. The second-order valence-corrected chi connectivity index (χ2v) is 5.93. The Balaban J connectivity index is 2.05. The first kappa shape index (κ1) is 15.6. The molecule has 0 aromatic heterocycles. The van der Waals surface area contributed by atoms with Crippen LogP contribution in [0.25, 0.3) is 0 Å². The van der Waals surface area contributed by atoms with Crippen molar-refractivity contribution in [1.82, 2.24) is 0 Å². The van der Waals surface area contributed by atoms with Crippen molar-refractivity contribution in [3.05, 3.63) is 46.5 Å². The van der Waals surface area contributed by atoms with Crippen LogP contribution in [0.2, 0.25) is 0 Å². The maximum absolute atomic E-state index is 12.8. The molecule has 1 aromatic carbocycles. The molecular formula is C18H18O5. The fourth-order valence-corrected chi connectivity index (χ4v) is 3.36. The molecule has 0 fully saturated rings. The molecule has 0 unspecified atom stereocenters. The van der Waals surface area contributed by atoms with Crippen molar-refractivity contribution in [2.45, 2.75) is 44.8 Å². The van der Waals surface area contributed by atoms with E-state index in [1.807, 2.05) is 6.92 Å². The number of ketones is 2. The average molecular weight is 314 g/mol. The third-order valence-corrected chi connectivity index (χ3v) is 4.32. The predicted molar refractivity (Wildman–Crippen MR) is 82.6 cm³/mol. The third-order valence-electron chi connectivity index (χ3n) is 4.32. The first-order valence-electron chi connectivity index (χ1n) is 7.81. The molecular weight excluding hydrogens is 296 g/mol. The summed E-state index contributed by atoms with van der Waals surface area (Å²) in [4.78, 5) is 36.6. The highest BCUT2D eigenvalue weighted by atomic mass is 16.5. The predicted octanol–water partition coefficient (Wildman–Crippen LogP) is 2.79. The molecule has 1 N–H and O–H groups in total. The third kappa shape index (κ3) is 2.72. The van der Waals surface area contributed by atoms with Gasteiger partial charge in [0.25, 0.3) is 0 Å². The van der Waals surface area contributed by atoms with Crippen molar-refractivity contribution in [1.29, 1.82) is 0 Å². The summed E-state index contributed by atoms with van der Waals surface area (Å²) in [5.41, 5.74) is 1.68. The van der Waals surface area contributed by atoms with Crippen LogP contribution in [-0.4, -0.2) is 34.9 Å². The SMILES string of the molecule is CCC[C@@H]1O[C@H](CC(=O)O)CC2=C1C(=O)c1ccccc1C2=O. The largest absolute Gasteiger partial charge is 0.481 e. The van der Waals surface area contributed by atoms with Gasteiger partial charge in [-0.05, 0) is 6.42 Å². The molecule has 0 radical (unpaired) electrons. The van der Waals surface area contributed by atoms with Gasteiger partial charge in [0.2, 0.25) is 0 Å². The fourth-order valence-electron chi connectivity index (χ4n) is 3.36. The number of carbonyl (C=O) groups is 3. The van der Waals surface area contributed by atoms with Gasteiger partial charge < -0.3 is 9.84 Å². The minimum atomic E-state index is -0.968. The van der Waals surface area contributed by atoms with E-state index >= 15 is 0 Å². The number of fused-ring (bicyclic) bond motifs is 1. The quantitative estimate of drug-likeness (QED) is 0.924. The number of benzene rings is 1. The van der Waals surface area contributed by atoms with Crippen LogP contribution >= 0.6 is 0 Å². The Bertz CT molecular complexity index is 716. The Labute approximate surface area is 134 Å². The van der Waals surface area contributed by atoms with Gasteiger partial charge in [-0.1, -0.05) is 37.6 Å². The lowest BCUT2D eigenvalue weighted by Gasteiger charge is -2.35. The topological polar surface area (TPSA) is 80.7 Å². The van der Waals surface area contributed by atoms with Gasteiger partial charge in [0.1, 0.15) is 0 Å². The van der Waals surface area contributed by atoms with Crippen LogP contribution in [0.4, 0.5) is 0 Å². The molecule has 2 aliphatic rings. The molecule has 23 heavy (non-hydrogen) atoms. The van der Waals surface area contributed by atoms with E-state index in [-0.39, 0.29) is 24.4 Å². The molecule has 1 aliphatic carbocycles. The summed E-state index contributed by atoms with van der Waals surface area (Å²) in [6.45, 7) is 1.97. The molecule has 2 atom stereocenters. The highest BCUT2D eigenvalue weighted by molar-refractivity contribution is 6.27. The summed E-state index contributed by atoms with van der Waals surface area (Å²) >= 11 is 0. The van der Waals surface area contributed by atoms with E-state index in [0.717, 1.165) is 6.42 Å². The van der Waals surface area contributed by atoms with Crippen molar-refractivity contribution < 1.29 is 24.2 Å². The van der Waals surface area contributed by atoms with Crippen molar-refractivity contribution in [2.24, 2.45) is 0 Å². The minimum Gasteiger partial charge on any atom is -0.481 e. The van der Waals surface area contributed by atoms with Gasteiger partial charge >= 0.3 is 5.97 Å². The first-order valence-corrected chi connectivity index (χ1v) is 7.81. The maximum atomic E-state index is 12.8. The molecule has 0 saturated carbocycles. The maximum Gasteiger partial charge on any atom is 0.305 e. The molecule has 0 saturated heterocycles. The minimum absolute atomic E-state index is 0.164. The van der Waals surface area contributed by atoms with Gasteiger partial charge in [-0.15, -0.1) is 0 Å². The van der Waals surface area contributed by atoms with Gasteiger partial charge in [0, 0.05) is 28.7 Å². The Morgan fingerprint density at radius 2 is 1.87 bits per heavy atom. The molecule has 120 valence electrons. The number of hydrogen-bond acceptors (Lipinski definition) is 4. The number of carboxylic acids is 1. The second kappa shape index (κ2) is 6.08. The van der Waals surface area contributed by atoms with Crippen LogP contribution in [0.3, 0.4) is 0 Å². The number of carboxylic acid groups (broad SMARTS) is 1. The van der Waals surface area contributed by atoms with E-state index < -0.39 is 18.2 Å². The number of rotatable bonds is 4. The van der Waals surface area contributed by atoms with Crippen LogP contribution in [0.1, 0.15) is 53.3 Å². The van der Waals surface area contributed by atoms with Crippen LogP contribution in [0, 0.1) is 0 Å². The van der Waals surface area contributed by atoms with Crippen molar-refractivity contribution in [3.63, 3.8) is 0 Å². The Morgan fingerprint density at radius 3 is 2.48 bits per heavy atom.